The van der Waals surface area contributed by atoms with Gasteiger partial charge in [-0.15, -0.1) is 0 Å². The van der Waals surface area contributed by atoms with E-state index in [1.807, 2.05) is 39.0 Å². The molecule has 1 aromatic rings. The molecule has 15 heavy (non-hydrogen) atoms. The van der Waals surface area contributed by atoms with Crippen molar-refractivity contribution in [3.8, 4) is 0 Å². The molecule has 2 nitrogen and oxygen atoms in total. The van der Waals surface area contributed by atoms with Crippen LogP contribution in [0.15, 0.2) is 18.2 Å². The lowest BCUT2D eigenvalue weighted by molar-refractivity contribution is -0.120. The SMILES string of the molecule is Cc1cc(Cl)ccc1CC(=O)NC(C)C. The first kappa shape index (κ1) is 12.1. The Kier molecular flexibility index (Phi) is 4.15. The van der Waals surface area contributed by atoms with Gasteiger partial charge in [-0.2, -0.15) is 0 Å². The number of benzene rings is 1. The summed E-state index contributed by atoms with van der Waals surface area (Å²) in [5.41, 5.74) is 2.08. The van der Waals surface area contributed by atoms with Crippen molar-refractivity contribution in [1.29, 1.82) is 0 Å². The van der Waals surface area contributed by atoms with Gasteiger partial charge >= 0.3 is 0 Å². The van der Waals surface area contributed by atoms with Crippen molar-refractivity contribution >= 4 is 17.5 Å². The highest BCUT2D eigenvalue weighted by Crippen LogP contribution is 2.15. The third-order valence-corrected chi connectivity index (χ3v) is 2.34. The minimum absolute atomic E-state index is 0.0513. The molecule has 0 aromatic heterocycles. The lowest BCUT2D eigenvalue weighted by Crippen LogP contribution is -2.31. The van der Waals surface area contributed by atoms with E-state index in [2.05, 4.69) is 5.32 Å². The molecule has 0 unspecified atom stereocenters. The maximum atomic E-state index is 11.5. The van der Waals surface area contributed by atoms with E-state index in [0.717, 1.165) is 11.1 Å². The summed E-state index contributed by atoms with van der Waals surface area (Å²) in [6.45, 7) is 5.86. The second-order valence-electron chi connectivity index (χ2n) is 3.97. The number of carbonyl (C=O) groups excluding carboxylic acids is 1. The lowest BCUT2D eigenvalue weighted by atomic mass is 10.1. The van der Waals surface area contributed by atoms with Crippen molar-refractivity contribution in [2.75, 3.05) is 0 Å². The Morgan fingerprint density at radius 3 is 2.67 bits per heavy atom. The molecule has 0 fully saturated rings. The summed E-state index contributed by atoms with van der Waals surface area (Å²) >= 11 is 5.84. The molecular weight excluding hydrogens is 210 g/mol. The van der Waals surface area contributed by atoms with Crippen molar-refractivity contribution in [3.05, 3.63) is 34.3 Å². The molecule has 3 heteroatoms. The second kappa shape index (κ2) is 5.17. The topological polar surface area (TPSA) is 29.1 Å². The van der Waals surface area contributed by atoms with Crippen LogP contribution < -0.4 is 5.32 Å². The Balaban J connectivity index is 2.68. The van der Waals surface area contributed by atoms with Gasteiger partial charge in [0.05, 0.1) is 6.42 Å². The van der Waals surface area contributed by atoms with E-state index in [1.54, 1.807) is 0 Å². The van der Waals surface area contributed by atoms with Gasteiger partial charge in [-0.05, 0) is 44.0 Å². The molecule has 0 aliphatic heterocycles. The molecule has 1 rings (SSSR count). The summed E-state index contributed by atoms with van der Waals surface area (Å²) in [7, 11) is 0. The van der Waals surface area contributed by atoms with E-state index in [0.29, 0.717) is 11.4 Å². The maximum absolute atomic E-state index is 11.5. The maximum Gasteiger partial charge on any atom is 0.224 e. The number of carbonyl (C=O) groups is 1. The highest BCUT2D eigenvalue weighted by Gasteiger charge is 2.06. The molecule has 0 bridgehead atoms. The Bertz CT molecular complexity index is 361. The quantitative estimate of drug-likeness (QED) is 0.842. The number of rotatable bonds is 3. The standard InChI is InChI=1S/C12H16ClNO/c1-8(2)14-12(15)7-10-4-5-11(13)6-9(10)3/h4-6,8H,7H2,1-3H3,(H,14,15). The number of halogens is 1. The summed E-state index contributed by atoms with van der Waals surface area (Å²) in [6, 6.07) is 5.77. The Hall–Kier alpha value is -1.02. The van der Waals surface area contributed by atoms with Crippen molar-refractivity contribution < 1.29 is 4.79 Å². The summed E-state index contributed by atoms with van der Waals surface area (Å²) in [6.07, 6.45) is 0.418. The van der Waals surface area contributed by atoms with Gasteiger partial charge in [-0.1, -0.05) is 17.7 Å². The third-order valence-electron chi connectivity index (χ3n) is 2.11. The van der Waals surface area contributed by atoms with Gasteiger partial charge in [0.25, 0.3) is 0 Å². The zero-order valence-corrected chi connectivity index (χ0v) is 10.1. The van der Waals surface area contributed by atoms with E-state index >= 15 is 0 Å². The van der Waals surface area contributed by atoms with Crippen LogP contribution in [0.4, 0.5) is 0 Å². The van der Waals surface area contributed by atoms with Crippen molar-refractivity contribution in [2.45, 2.75) is 33.2 Å². The van der Waals surface area contributed by atoms with Gasteiger partial charge in [0, 0.05) is 11.1 Å². The first-order chi connectivity index (χ1) is 6.99. The van der Waals surface area contributed by atoms with Crippen LogP contribution in [0.25, 0.3) is 0 Å². The average Bonchev–Trinajstić information content (AvgIpc) is 2.08. The van der Waals surface area contributed by atoms with E-state index in [-0.39, 0.29) is 11.9 Å². The highest BCUT2D eigenvalue weighted by molar-refractivity contribution is 6.30. The fourth-order valence-electron chi connectivity index (χ4n) is 1.40. The van der Waals surface area contributed by atoms with Crippen LogP contribution >= 0.6 is 11.6 Å². The summed E-state index contributed by atoms with van der Waals surface area (Å²) in [5, 5.41) is 3.57. The summed E-state index contributed by atoms with van der Waals surface area (Å²) < 4.78 is 0. The number of hydrogen-bond donors (Lipinski definition) is 1. The normalized spacial score (nSPS) is 10.5. The second-order valence-corrected chi connectivity index (χ2v) is 4.41. The molecule has 0 saturated heterocycles. The van der Waals surface area contributed by atoms with Crippen molar-refractivity contribution in [3.63, 3.8) is 0 Å². The molecule has 0 aliphatic carbocycles. The first-order valence-corrected chi connectivity index (χ1v) is 5.41. The average molecular weight is 226 g/mol. The van der Waals surface area contributed by atoms with Crippen LogP contribution in [0.3, 0.4) is 0 Å². The largest absolute Gasteiger partial charge is 0.354 e. The molecule has 0 heterocycles. The van der Waals surface area contributed by atoms with Crippen LogP contribution in [0.2, 0.25) is 5.02 Å². The van der Waals surface area contributed by atoms with Gasteiger partial charge in [0.1, 0.15) is 0 Å². The number of amides is 1. The molecule has 0 radical (unpaired) electrons. The number of hydrogen-bond acceptors (Lipinski definition) is 1. The third kappa shape index (κ3) is 3.92. The Labute approximate surface area is 95.6 Å². The van der Waals surface area contributed by atoms with Gasteiger partial charge in [0.15, 0.2) is 0 Å². The fraction of sp³-hybridized carbons (Fsp3) is 0.417. The number of aryl methyl sites for hydroxylation is 1. The first-order valence-electron chi connectivity index (χ1n) is 5.03. The molecule has 0 saturated carbocycles. The van der Waals surface area contributed by atoms with E-state index in [9.17, 15) is 4.79 Å². The molecular formula is C12H16ClNO. The zero-order valence-electron chi connectivity index (χ0n) is 9.30. The highest BCUT2D eigenvalue weighted by atomic mass is 35.5. The van der Waals surface area contributed by atoms with E-state index < -0.39 is 0 Å². The predicted molar refractivity (Wildman–Crippen MR) is 63.2 cm³/mol. The van der Waals surface area contributed by atoms with Crippen LogP contribution in [0.1, 0.15) is 25.0 Å². The Morgan fingerprint density at radius 1 is 1.47 bits per heavy atom. The van der Waals surface area contributed by atoms with Crippen molar-refractivity contribution in [1.82, 2.24) is 5.32 Å². The van der Waals surface area contributed by atoms with Gasteiger partial charge < -0.3 is 5.32 Å². The predicted octanol–water partition coefficient (Wildman–Crippen LogP) is 2.72. The molecule has 0 spiro atoms. The summed E-state index contributed by atoms with van der Waals surface area (Å²) in [5.74, 6) is 0.0513. The number of nitrogens with one attached hydrogen (secondary N) is 1. The molecule has 1 amide bonds. The molecule has 0 aliphatic rings. The zero-order chi connectivity index (χ0) is 11.4. The van der Waals surface area contributed by atoms with Gasteiger partial charge in [-0.3, -0.25) is 4.79 Å². The van der Waals surface area contributed by atoms with Crippen LogP contribution in [0, 0.1) is 6.92 Å². The molecule has 1 N–H and O–H groups in total. The van der Waals surface area contributed by atoms with Gasteiger partial charge in [0.2, 0.25) is 5.91 Å². The Morgan fingerprint density at radius 2 is 2.13 bits per heavy atom. The smallest absolute Gasteiger partial charge is 0.224 e. The van der Waals surface area contributed by atoms with E-state index in [1.165, 1.54) is 0 Å². The van der Waals surface area contributed by atoms with Crippen LogP contribution in [-0.2, 0) is 11.2 Å². The molecule has 1 aromatic carbocycles. The molecule has 0 atom stereocenters. The van der Waals surface area contributed by atoms with Crippen molar-refractivity contribution in [2.24, 2.45) is 0 Å². The molecule has 82 valence electrons. The minimum atomic E-state index is 0.0513. The fourth-order valence-corrected chi connectivity index (χ4v) is 1.63. The van der Waals surface area contributed by atoms with Crippen LogP contribution in [-0.4, -0.2) is 11.9 Å². The lowest BCUT2D eigenvalue weighted by Gasteiger charge is -2.09. The van der Waals surface area contributed by atoms with E-state index in [4.69, 9.17) is 11.6 Å². The monoisotopic (exact) mass is 225 g/mol. The minimum Gasteiger partial charge on any atom is -0.354 e. The van der Waals surface area contributed by atoms with Gasteiger partial charge in [-0.25, -0.2) is 0 Å². The van der Waals surface area contributed by atoms with Crippen LogP contribution in [0.5, 0.6) is 0 Å². The summed E-state index contributed by atoms with van der Waals surface area (Å²) in [4.78, 5) is 11.5.